The Bertz CT molecular complexity index is 1460. The summed E-state index contributed by atoms with van der Waals surface area (Å²) in [5, 5.41) is 10.7. The first-order valence-electron chi connectivity index (χ1n) is 10.2. The molecular weight excluding hydrogens is 447 g/mol. The van der Waals surface area contributed by atoms with Gasteiger partial charge in [0, 0.05) is 5.56 Å². The summed E-state index contributed by atoms with van der Waals surface area (Å²) < 4.78 is 42.9. The number of hydrogen-bond acceptors (Lipinski definition) is 5. The van der Waals surface area contributed by atoms with E-state index >= 15 is 0 Å². The zero-order valence-electron chi connectivity index (χ0n) is 17.4. The van der Waals surface area contributed by atoms with Crippen molar-refractivity contribution in [3.8, 4) is 11.3 Å². The fraction of sp³-hybridized carbons (Fsp3) is 0.0870. The van der Waals surface area contributed by atoms with Crippen molar-refractivity contribution in [2.24, 2.45) is 0 Å². The van der Waals surface area contributed by atoms with E-state index in [-0.39, 0.29) is 28.7 Å². The molecule has 34 heavy (non-hydrogen) atoms. The van der Waals surface area contributed by atoms with Gasteiger partial charge >= 0.3 is 0 Å². The molecule has 0 radical (unpaired) electrons. The summed E-state index contributed by atoms with van der Waals surface area (Å²) in [6, 6.07) is 16.0. The van der Waals surface area contributed by atoms with E-state index in [9.17, 15) is 18.0 Å². The molecule has 8 nitrogen and oxygen atoms in total. The average molecular weight is 463 g/mol. The molecule has 0 aliphatic rings. The summed E-state index contributed by atoms with van der Waals surface area (Å²) in [5.74, 6) is -0.977. The van der Waals surface area contributed by atoms with Crippen LogP contribution in [-0.4, -0.2) is 35.3 Å². The Morgan fingerprint density at radius 1 is 1.06 bits per heavy atom. The molecule has 11 heteroatoms. The van der Waals surface area contributed by atoms with Crippen LogP contribution in [0.5, 0.6) is 0 Å². The summed E-state index contributed by atoms with van der Waals surface area (Å²) >= 11 is 0. The predicted molar refractivity (Wildman–Crippen MR) is 117 cm³/mol. The van der Waals surface area contributed by atoms with Gasteiger partial charge < -0.3 is 0 Å². The maximum atomic E-state index is 13.7. The molecular formula is C23H16F3N7O. The van der Waals surface area contributed by atoms with Crippen molar-refractivity contribution in [2.75, 3.05) is 5.32 Å². The van der Waals surface area contributed by atoms with Crippen LogP contribution in [0, 0.1) is 5.82 Å². The Morgan fingerprint density at radius 3 is 2.56 bits per heavy atom. The van der Waals surface area contributed by atoms with Gasteiger partial charge in [0.15, 0.2) is 5.65 Å². The van der Waals surface area contributed by atoms with Gasteiger partial charge in [0.25, 0.3) is 12.3 Å². The molecule has 1 N–H and O–H groups in total. The molecule has 0 aliphatic carbocycles. The number of benzene rings is 2. The molecule has 0 unspecified atom stereocenters. The van der Waals surface area contributed by atoms with Crippen LogP contribution in [0.1, 0.15) is 28.0 Å². The zero-order valence-corrected chi connectivity index (χ0v) is 17.4. The van der Waals surface area contributed by atoms with E-state index in [0.717, 1.165) is 10.1 Å². The lowest BCUT2D eigenvalue weighted by Crippen LogP contribution is -2.14. The second-order valence-corrected chi connectivity index (χ2v) is 7.37. The quantitative estimate of drug-likeness (QED) is 0.404. The van der Waals surface area contributed by atoms with Crippen LogP contribution < -0.4 is 5.32 Å². The van der Waals surface area contributed by atoms with Crippen LogP contribution in [0.3, 0.4) is 0 Å². The van der Waals surface area contributed by atoms with Crippen molar-refractivity contribution < 1.29 is 18.0 Å². The number of halogens is 3. The van der Waals surface area contributed by atoms with Crippen molar-refractivity contribution in [1.29, 1.82) is 0 Å². The maximum Gasteiger partial charge on any atom is 0.280 e. The number of amides is 1. The fourth-order valence-corrected chi connectivity index (χ4v) is 3.43. The number of fused-ring (bicyclic) bond motifs is 1. The highest BCUT2D eigenvalue weighted by atomic mass is 19.3. The van der Waals surface area contributed by atoms with Gasteiger partial charge in [-0.2, -0.15) is 5.10 Å². The summed E-state index contributed by atoms with van der Waals surface area (Å²) in [5.41, 5.74) is 1.31. The summed E-state index contributed by atoms with van der Waals surface area (Å²) in [6.07, 6.45) is -0.239. The average Bonchev–Trinajstić information content (AvgIpc) is 3.47. The second-order valence-electron chi connectivity index (χ2n) is 7.37. The maximum absolute atomic E-state index is 13.7. The number of rotatable bonds is 6. The molecule has 0 aliphatic heterocycles. The van der Waals surface area contributed by atoms with Crippen LogP contribution in [0.4, 0.5) is 19.1 Å². The first-order chi connectivity index (χ1) is 16.5. The highest BCUT2D eigenvalue weighted by Crippen LogP contribution is 2.26. The highest BCUT2D eigenvalue weighted by Gasteiger charge is 2.22. The predicted octanol–water partition coefficient (Wildman–Crippen LogP) is 4.37. The monoisotopic (exact) mass is 463 g/mol. The minimum Gasteiger partial charge on any atom is -0.289 e. The van der Waals surface area contributed by atoms with Gasteiger partial charge in [0.05, 0.1) is 18.4 Å². The van der Waals surface area contributed by atoms with Crippen LogP contribution in [-0.2, 0) is 6.54 Å². The third-order valence-electron chi connectivity index (χ3n) is 5.06. The molecule has 0 atom stereocenters. The number of hydrogen-bond donors (Lipinski definition) is 1. The molecule has 0 fully saturated rings. The van der Waals surface area contributed by atoms with E-state index in [1.165, 1.54) is 35.4 Å². The Kier molecular flexibility index (Phi) is 5.50. The molecule has 2 aromatic carbocycles. The van der Waals surface area contributed by atoms with E-state index in [0.29, 0.717) is 17.8 Å². The molecule has 1 amide bonds. The van der Waals surface area contributed by atoms with Gasteiger partial charge in [0.1, 0.15) is 23.4 Å². The lowest BCUT2D eigenvalue weighted by molar-refractivity contribution is 0.102. The SMILES string of the molecule is O=C(Nc1ncn(Cc2ccc(F)cc2)n1)c1cnn2c(C(F)F)cc(-c3ccccc3)nc12. The third-order valence-corrected chi connectivity index (χ3v) is 5.06. The largest absolute Gasteiger partial charge is 0.289 e. The van der Waals surface area contributed by atoms with Gasteiger partial charge in [-0.05, 0) is 23.8 Å². The van der Waals surface area contributed by atoms with Gasteiger partial charge in [-0.1, -0.05) is 42.5 Å². The Labute approximate surface area is 190 Å². The molecule has 0 spiro atoms. The van der Waals surface area contributed by atoms with Crippen molar-refractivity contribution in [3.63, 3.8) is 0 Å². The summed E-state index contributed by atoms with van der Waals surface area (Å²) in [6.45, 7) is 0.319. The minimum atomic E-state index is -2.83. The van der Waals surface area contributed by atoms with Crippen LogP contribution in [0.25, 0.3) is 16.9 Å². The standard InChI is InChI=1S/C23H16F3N7O/c24-16-8-6-14(7-9-16)12-32-13-27-23(31-32)30-22(34)17-11-28-33-19(20(25)26)10-18(29-21(17)33)15-4-2-1-3-5-15/h1-11,13,20H,12H2,(H,30,31,34). The van der Waals surface area contributed by atoms with Crippen molar-refractivity contribution in [3.05, 3.63) is 95.8 Å². The molecule has 3 heterocycles. The number of aromatic nitrogens is 6. The minimum absolute atomic E-state index is 0.00503. The number of anilines is 1. The van der Waals surface area contributed by atoms with Gasteiger partial charge in [-0.15, -0.1) is 5.10 Å². The molecule has 3 aromatic heterocycles. The van der Waals surface area contributed by atoms with E-state index < -0.39 is 12.3 Å². The van der Waals surface area contributed by atoms with Crippen molar-refractivity contribution >= 4 is 17.5 Å². The Hall–Kier alpha value is -4.54. The molecule has 0 bridgehead atoms. The van der Waals surface area contributed by atoms with Crippen LogP contribution in [0.15, 0.2) is 73.2 Å². The molecule has 170 valence electrons. The van der Waals surface area contributed by atoms with Crippen molar-refractivity contribution in [1.82, 2.24) is 29.4 Å². The Balaban J connectivity index is 1.43. The topological polar surface area (TPSA) is 90.0 Å². The lowest BCUT2D eigenvalue weighted by Gasteiger charge is -2.08. The van der Waals surface area contributed by atoms with Gasteiger partial charge in [-0.3, -0.25) is 10.1 Å². The van der Waals surface area contributed by atoms with Gasteiger partial charge in [-0.25, -0.2) is 32.3 Å². The van der Waals surface area contributed by atoms with E-state index in [2.05, 4.69) is 25.5 Å². The normalized spacial score (nSPS) is 11.3. The summed E-state index contributed by atoms with van der Waals surface area (Å²) in [4.78, 5) is 21.4. The number of carbonyl (C=O) groups excluding carboxylic acids is 1. The van der Waals surface area contributed by atoms with E-state index in [1.54, 1.807) is 42.5 Å². The number of alkyl halides is 2. The fourth-order valence-electron chi connectivity index (χ4n) is 3.43. The van der Waals surface area contributed by atoms with Crippen molar-refractivity contribution in [2.45, 2.75) is 13.0 Å². The lowest BCUT2D eigenvalue weighted by atomic mass is 10.1. The molecule has 5 aromatic rings. The number of nitrogens with one attached hydrogen (secondary N) is 1. The smallest absolute Gasteiger partial charge is 0.280 e. The van der Waals surface area contributed by atoms with Gasteiger partial charge in [0.2, 0.25) is 5.95 Å². The van der Waals surface area contributed by atoms with E-state index in [1.807, 2.05) is 0 Å². The molecule has 5 rings (SSSR count). The first kappa shape index (κ1) is 21.3. The van der Waals surface area contributed by atoms with Crippen LogP contribution in [0.2, 0.25) is 0 Å². The first-order valence-corrected chi connectivity index (χ1v) is 10.2. The Morgan fingerprint density at radius 2 is 1.82 bits per heavy atom. The molecule has 0 saturated heterocycles. The van der Waals surface area contributed by atoms with E-state index in [4.69, 9.17) is 0 Å². The summed E-state index contributed by atoms with van der Waals surface area (Å²) in [7, 11) is 0. The zero-order chi connectivity index (χ0) is 23.7. The van der Waals surface area contributed by atoms with Crippen LogP contribution >= 0.6 is 0 Å². The molecule has 0 saturated carbocycles. The number of carbonyl (C=O) groups is 1. The highest BCUT2D eigenvalue weighted by molar-refractivity contribution is 6.07. The number of nitrogens with zero attached hydrogens (tertiary/aromatic N) is 6. The third kappa shape index (κ3) is 4.22. The second kappa shape index (κ2) is 8.77.